The fraction of sp³-hybridized carbons (Fsp3) is 0.632. The van der Waals surface area contributed by atoms with Crippen LogP contribution >= 0.6 is 0 Å². The van der Waals surface area contributed by atoms with Gasteiger partial charge in [0.1, 0.15) is 0 Å². The van der Waals surface area contributed by atoms with E-state index in [-0.39, 0.29) is 29.5 Å². The third-order valence-electron chi connectivity index (χ3n) is 5.23. The standard InChI is InChI=1S/C19H28N2O3S/c1-4-5-6-7-20-11-19(22)21(16-9-14(2)8-15(3)10-16)18-13-25(23,24)12-17(18)20/h8-10,17-18H,4-7,11-13H2,1-3H3. The fourth-order valence-electron chi connectivity index (χ4n) is 4.19. The van der Waals surface area contributed by atoms with Crippen LogP contribution in [0.5, 0.6) is 0 Å². The van der Waals surface area contributed by atoms with Gasteiger partial charge in [-0.15, -0.1) is 0 Å². The number of anilines is 1. The number of carbonyl (C=O) groups excluding carboxylic acids is 1. The van der Waals surface area contributed by atoms with Crippen LogP contribution < -0.4 is 4.90 Å². The SMILES string of the molecule is CCCCCN1CC(=O)N(c2cc(C)cc(C)c2)C2CS(=O)(=O)CC21. The minimum Gasteiger partial charge on any atom is -0.306 e. The van der Waals surface area contributed by atoms with Crippen molar-refractivity contribution in [1.82, 2.24) is 4.90 Å². The van der Waals surface area contributed by atoms with Crippen molar-refractivity contribution in [3.63, 3.8) is 0 Å². The van der Waals surface area contributed by atoms with Gasteiger partial charge in [-0.25, -0.2) is 8.42 Å². The molecular formula is C19H28N2O3S. The van der Waals surface area contributed by atoms with Crippen LogP contribution in [0.4, 0.5) is 5.69 Å². The van der Waals surface area contributed by atoms with E-state index in [0.29, 0.717) is 6.54 Å². The van der Waals surface area contributed by atoms with E-state index < -0.39 is 9.84 Å². The molecule has 2 heterocycles. The van der Waals surface area contributed by atoms with Gasteiger partial charge in [-0.05, 0) is 50.1 Å². The van der Waals surface area contributed by atoms with E-state index in [4.69, 9.17) is 0 Å². The number of hydrogen-bond donors (Lipinski definition) is 0. The first-order valence-electron chi connectivity index (χ1n) is 9.15. The Morgan fingerprint density at radius 2 is 1.68 bits per heavy atom. The Balaban J connectivity index is 1.92. The number of unbranched alkanes of at least 4 members (excludes halogenated alkanes) is 2. The van der Waals surface area contributed by atoms with Crippen molar-refractivity contribution in [3.8, 4) is 0 Å². The monoisotopic (exact) mass is 364 g/mol. The number of piperazine rings is 1. The second-order valence-electron chi connectivity index (χ2n) is 7.50. The largest absolute Gasteiger partial charge is 0.306 e. The highest BCUT2D eigenvalue weighted by atomic mass is 32.2. The summed E-state index contributed by atoms with van der Waals surface area (Å²) >= 11 is 0. The molecule has 0 saturated carbocycles. The van der Waals surface area contributed by atoms with Gasteiger partial charge >= 0.3 is 0 Å². The van der Waals surface area contributed by atoms with E-state index in [1.54, 1.807) is 4.90 Å². The maximum Gasteiger partial charge on any atom is 0.241 e. The van der Waals surface area contributed by atoms with Crippen molar-refractivity contribution in [2.24, 2.45) is 0 Å². The zero-order chi connectivity index (χ0) is 18.2. The molecule has 2 atom stereocenters. The molecule has 0 spiro atoms. The highest BCUT2D eigenvalue weighted by molar-refractivity contribution is 7.91. The smallest absolute Gasteiger partial charge is 0.241 e. The number of aryl methyl sites for hydroxylation is 2. The molecule has 0 N–H and O–H groups in total. The molecule has 0 aliphatic carbocycles. The first kappa shape index (κ1) is 18.4. The highest BCUT2D eigenvalue weighted by Crippen LogP contribution is 2.32. The molecule has 2 aliphatic rings. The van der Waals surface area contributed by atoms with Gasteiger partial charge in [0.05, 0.1) is 24.1 Å². The molecule has 1 aromatic rings. The molecule has 1 aromatic carbocycles. The van der Waals surface area contributed by atoms with Gasteiger partial charge in [-0.1, -0.05) is 25.8 Å². The quantitative estimate of drug-likeness (QED) is 0.753. The van der Waals surface area contributed by atoms with Crippen LogP contribution in [0, 0.1) is 13.8 Å². The molecule has 25 heavy (non-hydrogen) atoms. The molecule has 2 aliphatic heterocycles. The molecule has 0 bridgehead atoms. The zero-order valence-electron chi connectivity index (χ0n) is 15.4. The summed E-state index contributed by atoms with van der Waals surface area (Å²) in [4.78, 5) is 16.8. The van der Waals surface area contributed by atoms with E-state index in [9.17, 15) is 13.2 Å². The Morgan fingerprint density at radius 3 is 2.32 bits per heavy atom. The molecule has 138 valence electrons. The van der Waals surface area contributed by atoms with E-state index in [1.165, 1.54) is 0 Å². The fourth-order valence-corrected chi connectivity index (χ4v) is 6.17. The molecule has 1 amide bonds. The maximum atomic E-state index is 12.9. The van der Waals surface area contributed by atoms with Crippen molar-refractivity contribution < 1.29 is 13.2 Å². The topological polar surface area (TPSA) is 57.7 Å². The lowest BCUT2D eigenvalue weighted by molar-refractivity contribution is -0.123. The third-order valence-corrected chi connectivity index (χ3v) is 6.93. The highest BCUT2D eigenvalue weighted by Gasteiger charge is 2.49. The summed E-state index contributed by atoms with van der Waals surface area (Å²) in [6.45, 7) is 7.27. The normalized spacial score (nSPS) is 26.0. The summed E-state index contributed by atoms with van der Waals surface area (Å²) < 4.78 is 24.7. The molecular weight excluding hydrogens is 336 g/mol. The number of amides is 1. The van der Waals surface area contributed by atoms with E-state index in [1.807, 2.05) is 26.0 Å². The Labute approximate surface area is 150 Å². The van der Waals surface area contributed by atoms with Gasteiger partial charge in [-0.2, -0.15) is 0 Å². The molecule has 2 saturated heterocycles. The predicted octanol–water partition coefficient (Wildman–Crippen LogP) is 2.31. The summed E-state index contributed by atoms with van der Waals surface area (Å²) in [6, 6.07) is 5.69. The van der Waals surface area contributed by atoms with Crippen LogP contribution in [0.2, 0.25) is 0 Å². The number of fused-ring (bicyclic) bond motifs is 1. The molecule has 0 radical (unpaired) electrons. The lowest BCUT2D eigenvalue weighted by atomic mass is 10.0. The van der Waals surface area contributed by atoms with E-state index >= 15 is 0 Å². The van der Waals surface area contributed by atoms with Crippen molar-refractivity contribution >= 4 is 21.4 Å². The number of hydrogen-bond acceptors (Lipinski definition) is 4. The van der Waals surface area contributed by atoms with Crippen LogP contribution in [-0.2, 0) is 14.6 Å². The number of nitrogens with zero attached hydrogens (tertiary/aromatic N) is 2. The van der Waals surface area contributed by atoms with Crippen molar-refractivity contribution in [2.45, 2.75) is 52.1 Å². The molecule has 3 rings (SSSR count). The van der Waals surface area contributed by atoms with Crippen LogP contribution in [0.25, 0.3) is 0 Å². The van der Waals surface area contributed by atoms with E-state index in [2.05, 4.69) is 17.9 Å². The van der Waals surface area contributed by atoms with Gasteiger partial charge in [-0.3, -0.25) is 9.69 Å². The number of carbonyl (C=O) groups is 1. The average Bonchev–Trinajstić information content (AvgIpc) is 2.81. The van der Waals surface area contributed by atoms with Gasteiger partial charge in [0.2, 0.25) is 5.91 Å². The van der Waals surface area contributed by atoms with Gasteiger partial charge in [0, 0.05) is 11.7 Å². The second-order valence-corrected chi connectivity index (χ2v) is 9.65. The summed E-state index contributed by atoms with van der Waals surface area (Å²) in [6.07, 6.45) is 3.23. The summed E-state index contributed by atoms with van der Waals surface area (Å²) in [7, 11) is -3.11. The van der Waals surface area contributed by atoms with Crippen molar-refractivity contribution in [2.75, 3.05) is 29.5 Å². The van der Waals surface area contributed by atoms with Crippen LogP contribution in [0.15, 0.2) is 18.2 Å². The third kappa shape index (κ3) is 3.90. The molecule has 2 fully saturated rings. The summed E-state index contributed by atoms with van der Waals surface area (Å²) in [5.41, 5.74) is 3.01. The first-order valence-corrected chi connectivity index (χ1v) is 11.0. The van der Waals surface area contributed by atoms with Crippen LogP contribution in [-0.4, -0.2) is 55.9 Å². The maximum absolute atomic E-state index is 12.9. The average molecular weight is 365 g/mol. The van der Waals surface area contributed by atoms with E-state index in [0.717, 1.165) is 42.6 Å². The zero-order valence-corrected chi connectivity index (χ0v) is 16.2. The lowest BCUT2D eigenvalue weighted by Gasteiger charge is -2.43. The predicted molar refractivity (Wildman–Crippen MR) is 101 cm³/mol. The van der Waals surface area contributed by atoms with Gasteiger partial charge in [0.25, 0.3) is 0 Å². The van der Waals surface area contributed by atoms with Crippen LogP contribution in [0.1, 0.15) is 37.3 Å². The molecule has 2 unspecified atom stereocenters. The number of sulfone groups is 1. The number of benzene rings is 1. The molecule has 0 aromatic heterocycles. The lowest BCUT2D eigenvalue weighted by Crippen LogP contribution is -2.62. The Morgan fingerprint density at radius 1 is 1.04 bits per heavy atom. The molecule has 6 heteroatoms. The minimum absolute atomic E-state index is 0.0137. The minimum atomic E-state index is -3.11. The Hall–Kier alpha value is -1.40. The van der Waals surface area contributed by atoms with Crippen molar-refractivity contribution in [1.29, 1.82) is 0 Å². The Kier molecular flexibility index (Phi) is 5.21. The first-order chi connectivity index (χ1) is 11.8. The van der Waals surface area contributed by atoms with Crippen molar-refractivity contribution in [3.05, 3.63) is 29.3 Å². The van der Waals surface area contributed by atoms with Gasteiger partial charge in [0.15, 0.2) is 9.84 Å². The van der Waals surface area contributed by atoms with Gasteiger partial charge < -0.3 is 4.90 Å². The Bertz CT molecular complexity index is 740. The molecule has 5 nitrogen and oxygen atoms in total. The number of rotatable bonds is 5. The summed E-state index contributed by atoms with van der Waals surface area (Å²) in [5.74, 6) is 0.249. The summed E-state index contributed by atoms with van der Waals surface area (Å²) in [5, 5.41) is 0. The van der Waals surface area contributed by atoms with Crippen LogP contribution in [0.3, 0.4) is 0 Å². The second kappa shape index (κ2) is 7.08.